The zero-order valence-electron chi connectivity index (χ0n) is 10.5. The van der Waals surface area contributed by atoms with Gasteiger partial charge in [0.25, 0.3) is 0 Å². The number of benzene rings is 2. The minimum Gasteiger partial charge on any atom is -0.369 e. The molecule has 0 bridgehead atoms. The Hall–Kier alpha value is -1.95. The minimum absolute atomic E-state index is 0.220. The third-order valence-electron chi connectivity index (χ3n) is 3.11. The van der Waals surface area contributed by atoms with Crippen LogP contribution in [0.15, 0.2) is 34.8 Å². The molecule has 6 heteroatoms. The van der Waals surface area contributed by atoms with Gasteiger partial charge in [-0.2, -0.15) is 0 Å². The molecule has 1 aromatic heterocycles. The molecular formula is C14H10BrF2N3. The van der Waals surface area contributed by atoms with Crippen molar-refractivity contribution in [3.05, 3.63) is 52.0 Å². The lowest BCUT2D eigenvalue weighted by Crippen LogP contribution is -2.01. The van der Waals surface area contributed by atoms with E-state index in [1.165, 1.54) is 18.2 Å². The Balaban J connectivity index is 2.35. The van der Waals surface area contributed by atoms with E-state index in [-0.39, 0.29) is 17.6 Å². The van der Waals surface area contributed by atoms with E-state index >= 15 is 0 Å². The van der Waals surface area contributed by atoms with Gasteiger partial charge in [0.05, 0.1) is 16.7 Å². The van der Waals surface area contributed by atoms with Crippen LogP contribution in [0.25, 0.3) is 16.7 Å². The molecule has 3 aromatic rings. The second kappa shape index (κ2) is 4.56. The number of imidazole rings is 1. The summed E-state index contributed by atoms with van der Waals surface area (Å²) >= 11 is 3.30. The predicted molar refractivity (Wildman–Crippen MR) is 77.8 cm³/mol. The van der Waals surface area contributed by atoms with E-state index in [2.05, 4.69) is 20.9 Å². The lowest BCUT2D eigenvalue weighted by atomic mass is 10.2. The normalized spacial score (nSPS) is 11.2. The van der Waals surface area contributed by atoms with Crippen molar-refractivity contribution >= 4 is 32.9 Å². The molecule has 0 radical (unpaired) electrons. The largest absolute Gasteiger partial charge is 0.369 e. The SMILES string of the molecule is Cc1cc2c(cc1F)nc(N)n2-c1ccc(F)cc1Br. The second-order valence-corrected chi connectivity index (χ2v) is 5.35. The van der Waals surface area contributed by atoms with Crippen molar-refractivity contribution in [2.75, 3.05) is 5.73 Å². The van der Waals surface area contributed by atoms with Gasteiger partial charge < -0.3 is 5.73 Å². The van der Waals surface area contributed by atoms with Gasteiger partial charge in [-0.1, -0.05) is 0 Å². The molecule has 0 aliphatic heterocycles. The molecule has 0 spiro atoms. The van der Waals surface area contributed by atoms with Gasteiger partial charge in [0.15, 0.2) is 0 Å². The number of aromatic nitrogens is 2. The molecular weight excluding hydrogens is 328 g/mol. The highest BCUT2D eigenvalue weighted by Crippen LogP contribution is 2.30. The van der Waals surface area contributed by atoms with E-state index in [0.717, 1.165) is 0 Å². The van der Waals surface area contributed by atoms with Crippen LogP contribution in [-0.4, -0.2) is 9.55 Å². The quantitative estimate of drug-likeness (QED) is 0.730. The summed E-state index contributed by atoms with van der Waals surface area (Å²) in [5, 5.41) is 0. The molecule has 3 nitrogen and oxygen atoms in total. The number of hydrogen-bond donors (Lipinski definition) is 1. The van der Waals surface area contributed by atoms with Crippen molar-refractivity contribution in [2.24, 2.45) is 0 Å². The van der Waals surface area contributed by atoms with Crippen molar-refractivity contribution in [3.63, 3.8) is 0 Å². The molecule has 0 atom stereocenters. The van der Waals surface area contributed by atoms with Crippen LogP contribution in [0.2, 0.25) is 0 Å². The number of hydrogen-bond acceptors (Lipinski definition) is 2. The lowest BCUT2D eigenvalue weighted by Gasteiger charge is -2.09. The standard InChI is InChI=1S/C14H10BrF2N3/c1-7-4-13-11(6-10(7)17)19-14(18)20(13)12-3-2-8(16)5-9(12)15/h2-6H,1H3,(H2,18,19). The summed E-state index contributed by atoms with van der Waals surface area (Å²) < 4.78 is 29.0. The van der Waals surface area contributed by atoms with E-state index in [9.17, 15) is 8.78 Å². The van der Waals surface area contributed by atoms with Gasteiger partial charge in [-0.3, -0.25) is 4.57 Å². The summed E-state index contributed by atoms with van der Waals surface area (Å²) in [6.07, 6.45) is 0. The fraction of sp³-hybridized carbons (Fsp3) is 0.0714. The summed E-state index contributed by atoms with van der Waals surface area (Å²) in [5.74, 6) is -0.469. The number of rotatable bonds is 1. The Morgan fingerprint density at radius 3 is 2.65 bits per heavy atom. The smallest absolute Gasteiger partial charge is 0.205 e. The molecule has 20 heavy (non-hydrogen) atoms. The van der Waals surface area contributed by atoms with E-state index in [0.29, 0.717) is 26.8 Å². The Kier molecular flexibility index (Phi) is 2.97. The number of nitrogen functional groups attached to an aromatic ring is 1. The van der Waals surface area contributed by atoms with Crippen LogP contribution in [-0.2, 0) is 0 Å². The fourth-order valence-corrected chi connectivity index (χ4v) is 2.67. The van der Waals surface area contributed by atoms with Crippen LogP contribution < -0.4 is 5.73 Å². The molecule has 0 amide bonds. The van der Waals surface area contributed by atoms with Crippen molar-refractivity contribution in [2.45, 2.75) is 6.92 Å². The average Bonchev–Trinajstić information content (AvgIpc) is 2.66. The number of halogens is 3. The first-order valence-corrected chi connectivity index (χ1v) is 6.66. The number of anilines is 1. The Bertz CT molecular complexity index is 827. The Morgan fingerprint density at radius 2 is 1.95 bits per heavy atom. The summed E-state index contributed by atoms with van der Waals surface area (Å²) in [6, 6.07) is 7.28. The van der Waals surface area contributed by atoms with Gasteiger partial charge in [0.1, 0.15) is 11.6 Å². The molecule has 3 rings (SSSR count). The summed E-state index contributed by atoms with van der Waals surface area (Å²) in [4.78, 5) is 4.14. The second-order valence-electron chi connectivity index (χ2n) is 4.49. The fourth-order valence-electron chi connectivity index (χ4n) is 2.14. The Morgan fingerprint density at radius 1 is 1.20 bits per heavy atom. The molecule has 2 aromatic carbocycles. The first-order valence-electron chi connectivity index (χ1n) is 5.87. The summed E-state index contributed by atoms with van der Waals surface area (Å²) in [6.45, 7) is 1.67. The van der Waals surface area contributed by atoms with Crippen LogP contribution in [0.5, 0.6) is 0 Å². The van der Waals surface area contributed by atoms with Gasteiger partial charge >= 0.3 is 0 Å². The maximum absolute atomic E-state index is 13.6. The molecule has 0 saturated carbocycles. The monoisotopic (exact) mass is 337 g/mol. The third-order valence-corrected chi connectivity index (χ3v) is 3.75. The zero-order valence-corrected chi connectivity index (χ0v) is 12.1. The Labute approximate surface area is 122 Å². The average molecular weight is 338 g/mol. The van der Waals surface area contributed by atoms with Gasteiger partial charge in [0.2, 0.25) is 5.95 Å². The highest BCUT2D eigenvalue weighted by molar-refractivity contribution is 9.10. The molecule has 2 N–H and O–H groups in total. The molecule has 1 heterocycles. The van der Waals surface area contributed by atoms with Crippen molar-refractivity contribution < 1.29 is 8.78 Å². The van der Waals surface area contributed by atoms with Crippen molar-refractivity contribution in [1.29, 1.82) is 0 Å². The first-order chi connectivity index (χ1) is 9.47. The van der Waals surface area contributed by atoms with E-state index < -0.39 is 0 Å². The topological polar surface area (TPSA) is 43.8 Å². The van der Waals surface area contributed by atoms with Gasteiger partial charge in [-0.05, 0) is 52.7 Å². The van der Waals surface area contributed by atoms with Crippen LogP contribution in [0.1, 0.15) is 5.56 Å². The lowest BCUT2D eigenvalue weighted by molar-refractivity contribution is 0.620. The highest BCUT2D eigenvalue weighted by atomic mass is 79.9. The first kappa shape index (κ1) is 13.1. The zero-order chi connectivity index (χ0) is 14.4. The van der Waals surface area contributed by atoms with Gasteiger partial charge in [0, 0.05) is 10.5 Å². The minimum atomic E-state index is -0.356. The van der Waals surface area contributed by atoms with E-state index in [1.807, 2.05) is 0 Å². The number of aryl methyl sites for hydroxylation is 1. The van der Waals surface area contributed by atoms with Crippen molar-refractivity contribution in [3.8, 4) is 5.69 Å². The third kappa shape index (κ3) is 1.96. The van der Waals surface area contributed by atoms with Gasteiger partial charge in [-0.25, -0.2) is 13.8 Å². The van der Waals surface area contributed by atoms with Crippen LogP contribution in [0.4, 0.5) is 14.7 Å². The summed E-state index contributed by atoms with van der Waals surface area (Å²) in [5.41, 5.74) is 8.19. The molecule has 102 valence electrons. The predicted octanol–water partition coefficient (Wildman–Crippen LogP) is 3.96. The van der Waals surface area contributed by atoms with Crippen LogP contribution in [0.3, 0.4) is 0 Å². The number of nitrogens with zero attached hydrogens (tertiary/aromatic N) is 2. The molecule has 0 aliphatic rings. The summed E-state index contributed by atoms with van der Waals surface area (Å²) in [7, 11) is 0. The maximum atomic E-state index is 13.6. The van der Waals surface area contributed by atoms with Crippen LogP contribution in [0, 0.1) is 18.6 Å². The van der Waals surface area contributed by atoms with Crippen molar-refractivity contribution in [1.82, 2.24) is 9.55 Å². The van der Waals surface area contributed by atoms with E-state index in [1.54, 1.807) is 23.6 Å². The van der Waals surface area contributed by atoms with Gasteiger partial charge in [-0.15, -0.1) is 0 Å². The number of nitrogens with two attached hydrogens (primary N) is 1. The molecule has 0 saturated heterocycles. The highest BCUT2D eigenvalue weighted by Gasteiger charge is 2.14. The molecule has 0 fully saturated rings. The maximum Gasteiger partial charge on any atom is 0.205 e. The van der Waals surface area contributed by atoms with Crippen LogP contribution >= 0.6 is 15.9 Å². The number of fused-ring (bicyclic) bond motifs is 1. The molecule has 0 unspecified atom stereocenters. The molecule has 0 aliphatic carbocycles. The van der Waals surface area contributed by atoms with E-state index in [4.69, 9.17) is 5.73 Å².